The van der Waals surface area contributed by atoms with E-state index in [9.17, 15) is 9.59 Å². The second kappa shape index (κ2) is 12.8. The zero-order chi connectivity index (χ0) is 22.8. The fraction of sp³-hybridized carbons (Fsp3) is 0.440. The molecule has 2 aromatic rings. The van der Waals surface area contributed by atoms with E-state index in [4.69, 9.17) is 11.6 Å². The van der Waals surface area contributed by atoms with E-state index in [0.717, 1.165) is 34.1 Å². The van der Waals surface area contributed by atoms with Gasteiger partial charge in [-0.15, -0.1) is 11.8 Å². The summed E-state index contributed by atoms with van der Waals surface area (Å²) in [6, 6.07) is 15.4. The normalized spacial score (nSPS) is 12.8. The molecule has 0 unspecified atom stereocenters. The molecule has 1 N–H and O–H groups in total. The molecule has 0 aromatic heterocycles. The number of nitrogens with one attached hydrogen (secondary N) is 1. The molecule has 4 nitrogen and oxygen atoms in total. The number of carbonyl (C=O) groups is 2. The average molecular weight is 461 g/mol. The van der Waals surface area contributed by atoms with E-state index >= 15 is 0 Å². The summed E-state index contributed by atoms with van der Waals surface area (Å²) in [5.74, 6) is 0.730. The number of halogens is 1. The third-order valence-electron chi connectivity index (χ3n) is 5.26. The van der Waals surface area contributed by atoms with E-state index in [0.29, 0.717) is 13.0 Å². The first-order valence-electron chi connectivity index (χ1n) is 10.8. The van der Waals surface area contributed by atoms with E-state index in [-0.39, 0.29) is 17.9 Å². The van der Waals surface area contributed by atoms with E-state index in [1.165, 1.54) is 5.56 Å². The molecule has 0 aliphatic heterocycles. The van der Waals surface area contributed by atoms with Crippen LogP contribution in [-0.2, 0) is 16.1 Å². The Bertz CT molecular complexity index is 840. The number of benzene rings is 2. The second-order valence-electron chi connectivity index (χ2n) is 7.91. The van der Waals surface area contributed by atoms with Crippen molar-refractivity contribution in [3.63, 3.8) is 0 Å². The number of hydrogen-bond donors (Lipinski definition) is 1. The van der Waals surface area contributed by atoms with Gasteiger partial charge in [0.25, 0.3) is 0 Å². The van der Waals surface area contributed by atoms with Crippen molar-refractivity contribution in [2.75, 3.05) is 5.75 Å². The summed E-state index contributed by atoms with van der Waals surface area (Å²) in [5, 5.41) is 3.72. The Morgan fingerprint density at radius 3 is 2.32 bits per heavy atom. The highest BCUT2D eigenvalue weighted by Crippen LogP contribution is 2.22. The van der Waals surface area contributed by atoms with Crippen molar-refractivity contribution in [2.24, 2.45) is 0 Å². The zero-order valence-electron chi connectivity index (χ0n) is 18.9. The fourth-order valence-electron chi connectivity index (χ4n) is 3.03. The summed E-state index contributed by atoms with van der Waals surface area (Å²) >= 11 is 7.63. The van der Waals surface area contributed by atoms with Gasteiger partial charge in [0.1, 0.15) is 6.04 Å². The molecule has 2 aromatic carbocycles. The maximum Gasteiger partial charge on any atom is 0.242 e. The lowest BCUT2D eigenvalue weighted by molar-refractivity contribution is -0.140. The number of rotatable bonds is 11. The lowest BCUT2D eigenvalue weighted by Gasteiger charge is -2.30. The van der Waals surface area contributed by atoms with Gasteiger partial charge in [-0.1, -0.05) is 48.4 Å². The number of thioether (sulfide) groups is 1. The monoisotopic (exact) mass is 460 g/mol. The van der Waals surface area contributed by atoms with Crippen LogP contribution in [0.25, 0.3) is 0 Å². The van der Waals surface area contributed by atoms with Crippen molar-refractivity contribution in [3.8, 4) is 0 Å². The van der Waals surface area contributed by atoms with Gasteiger partial charge in [-0.25, -0.2) is 0 Å². The highest BCUT2D eigenvalue weighted by molar-refractivity contribution is 7.99. The lowest BCUT2D eigenvalue weighted by Crippen LogP contribution is -2.49. The summed E-state index contributed by atoms with van der Waals surface area (Å²) in [7, 11) is 0. The highest BCUT2D eigenvalue weighted by atomic mass is 35.5. The van der Waals surface area contributed by atoms with Crippen LogP contribution in [0.2, 0.25) is 5.02 Å². The average Bonchev–Trinajstić information content (AvgIpc) is 2.76. The van der Waals surface area contributed by atoms with Gasteiger partial charge in [0, 0.05) is 28.9 Å². The van der Waals surface area contributed by atoms with Crippen LogP contribution in [0.15, 0.2) is 53.4 Å². The second-order valence-corrected chi connectivity index (χ2v) is 9.51. The molecule has 2 amide bonds. The fourth-order valence-corrected chi connectivity index (χ4v) is 4.01. The van der Waals surface area contributed by atoms with Crippen LogP contribution in [0.5, 0.6) is 0 Å². The van der Waals surface area contributed by atoms with Crippen molar-refractivity contribution >= 4 is 35.2 Å². The Hall–Kier alpha value is -1.98. The molecule has 0 spiro atoms. The molecule has 6 heteroatoms. The van der Waals surface area contributed by atoms with Gasteiger partial charge in [-0.3, -0.25) is 9.59 Å². The van der Waals surface area contributed by atoms with Crippen LogP contribution in [-0.4, -0.2) is 34.6 Å². The van der Waals surface area contributed by atoms with Gasteiger partial charge >= 0.3 is 0 Å². The molecule has 0 aliphatic rings. The molecule has 0 fully saturated rings. The molecule has 0 aliphatic carbocycles. The Kier molecular flexibility index (Phi) is 10.4. The van der Waals surface area contributed by atoms with E-state index in [1.54, 1.807) is 16.7 Å². The number of nitrogens with zero attached hydrogens (tertiary/aromatic N) is 1. The van der Waals surface area contributed by atoms with E-state index < -0.39 is 6.04 Å². The van der Waals surface area contributed by atoms with Crippen LogP contribution in [0.4, 0.5) is 0 Å². The first-order chi connectivity index (χ1) is 14.8. The van der Waals surface area contributed by atoms with Crippen LogP contribution in [0.1, 0.15) is 51.2 Å². The molecular weight excluding hydrogens is 428 g/mol. The summed E-state index contributed by atoms with van der Waals surface area (Å²) in [4.78, 5) is 28.7. The molecule has 0 heterocycles. The Morgan fingerprint density at radius 2 is 1.71 bits per heavy atom. The molecule has 0 bridgehead atoms. The standard InChI is InChI=1S/C25H33ClN2O2S/c1-5-19(3)27-25(30)20(4)28(17-21-10-8-18(2)9-11-21)24(29)7-6-16-31-23-14-12-22(26)13-15-23/h8-15,19-20H,5-7,16-17H2,1-4H3,(H,27,30)/t19-,20-/m1/s1. The highest BCUT2D eigenvalue weighted by Gasteiger charge is 2.26. The Morgan fingerprint density at radius 1 is 1.06 bits per heavy atom. The Labute approximate surface area is 195 Å². The van der Waals surface area contributed by atoms with E-state index in [1.807, 2.05) is 76.2 Å². The third kappa shape index (κ3) is 8.58. The summed E-state index contributed by atoms with van der Waals surface area (Å²) in [5.41, 5.74) is 2.20. The number of carbonyl (C=O) groups excluding carboxylic acids is 2. The van der Waals surface area contributed by atoms with Gasteiger partial charge in [-0.05, 0) is 69.2 Å². The SMILES string of the molecule is CC[C@@H](C)NC(=O)[C@@H](C)N(Cc1ccc(C)cc1)C(=O)CCCSc1ccc(Cl)cc1. The molecule has 168 valence electrons. The quantitative estimate of drug-likeness (QED) is 0.338. The van der Waals surface area contributed by atoms with Crippen molar-refractivity contribution in [1.82, 2.24) is 10.2 Å². The predicted molar refractivity (Wildman–Crippen MR) is 130 cm³/mol. The van der Waals surface area contributed by atoms with Gasteiger partial charge in [0.2, 0.25) is 11.8 Å². The molecule has 0 saturated heterocycles. The summed E-state index contributed by atoms with van der Waals surface area (Å²) < 4.78 is 0. The zero-order valence-corrected chi connectivity index (χ0v) is 20.4. The van der Waals surface area contributed by atoms with Gasteiger partial charge < -0.3 is 10.2 Å². The van der Waals surface area contributed by atoms with Crippen molar-refractivity contribution in [1.29, 1.82) is 0 Å². The summed E-state index contributed by atoms with van der Waals surface area (Å²) in [6.45, 7) is 8.28. The minimum atomic E-state index is -0.522. The van der Waals surface area contributed by atoms with Gasteiger partial charge in [0.05, 0.1) is 0 Å². The summed E-state index contributed by atoms with van der Waals surface area (Å²) in [6.07, 6.45) is 2.01. The van der Waals surface area contributed by atoms with Gasteiger partial charge in [0.15, 0.2) is 0 Å². The number of hydrogen-bond acceptors (Lipinski definition) is 3. The van der Waals surface area contributed by atoms with Crippen molar-refractivity contribution in [2.45, 2.75) is 70.5 Å². The largest absolute Gasteiger partial charge is 0.352 e. The molecular formula is C25H33ClN2O2S. The minimum absolute atomic E-state index is 0.00378. The number of amides is 2. The minimum Gasteiger partial charge on any atom is -0.352 e. The molecule has 0 radical (unpaired) electrons. The number of aryl methyl sites for hydroxylation is 1. The van der Waals surface area contributed by atoms with Crippen molar-refractivity contribution < 1.29 is 9.59 Å². The maximum absolute atomic E-state index is 13.1. The maximum atomic E-state index is 13.1. The molecule has 31 heavy (non-hydrogen) atoms. The van der Waals surface area contributed by atoms with E-state index in [2.05, 4.69) is 5.32 Å². The van der Waals surface area contributed by atoms with Crippen molar-refractivity contribution in [3.05, 3.63) is 64.7 Å². The smallest absolute Gasteiger partial charge is 0.242 e. The first kappa shape index (κ1) is 25.3. The molecule has 0 saturated carbocycles. The lowest BCUT2D eigenvalue weighted by atomic mass is 10.1. The van der Waals surface area contributed by atoms with Crippen LogP contribution < -0.4 is 5.32 Å². The van der Waals surface area contributed by atoms with Crippen LogP contribution >= 0.6 is 23.4 Å². The van der Waals surface area contributed by atoms with Crippen LogP contribution in [0, 0.1) is 6.92 Å². The topological polar surface area (TPSA) is 49.4 Å². The predicted octanol–water partition coefficient (Wildman–Crippen LogP) is 5.85. The molecule has 2 rings (SSSR count). The third-order valence-corrected chi connectivity index (χ3v) is 6.61. The van der Waals surface area contributed by atoms with Gasteiger partial charge in [-0.2, -0.15) is 0 Å². The first-order valence-corrected chi connectivity index (χ1v) is 12.2. The van der Waals surface area contributed by atoms with Crippen LogP contribution in [0.3, 0.4) is 0 Å². The molecule has 2 atom stereocenters. The Balaban J connectivity index is 1.99.